The summed E-state index contributed by atoms with van der Waals surface area (Å²) in [6.45, 7) is 8.07. The van der Waals surface area contributed by atoms with Gasteiger partial charge in [-0.3, -0.25) is 4.79 Å². The highest BCUT2D eigenvalue weighted by Crippen LogP contribution is 2.37. The Morgan fingerprint density at radius 1 is 1.20 bits per heavy atom. The molecule has 0 radical (unpaired) electrons. The average Bonchev–Trinajstić information content (AvgIpc) is 2.75. The molecule has 2 aromatic rings. The third-order valence-corrected chi connectivity index (χ3v) is 4.51. The largest absolute Gasteiger partial charge is 0.496 e. The summed E-state index contributed by atoms with van der Waals surface area (Å²) in [5, 5.41) is 0.824. The lowest BCUT2D eigenvalue weighted by Crippen LogP contribution is -2.37. The van der Waals surface area contributed by atoms with Crippen molar-refractivity contribution in [3.63, 3.8) is 0 Å². The van der Waals surface area contributed by atoms with Crippen molar-refractivity contribution in [3.8, 4) is 11.5 Å². The topological polar surface area (TPSA) is 58.9 Å². The van der Waals surface area contributed by atoms with Gasteiger partial charge in [-0.25, -0.2) is 0 Å². The van der Waals surface area contributed by atoms with Crippen molar-refractivity contribution < 1.29 is 18.9 Å². The van der Waals surface area contributed by atoms with Gasteiger partial charge in [-0.05, 0) is 39.8 Å². The van der Waals surface area contributed by atoms with E-state index in [1.165, 1.54) is 6.07 Å². The molecule has 6 heteroatoms. The summed E-state index contributed by atoms with van der Waals surface area (Å²) in [4.78, 5) is 12.2. The first-order valence-corrected chi connectivity index (χ1v) is 8.32. The molecule has 0 amide bonds. The second-order valence-corrected chi connectivity index (χ2v) is 7.29. The van der Waals surface area contributed by atoms with E-state index in [9.17, 15) is 4.79 Å². The van der Waals surface area contributed by atoms with E-state index >= 15 is 0 Å². The molecular weight excluding hydrogens is 322 g/mol. The van der Waals surface area contributed by atoms with Crippen molar-refractivity contribution in [1.29, 1.82) is 0 Å². The highest BCUT2D eigenvalue weighted by molar-refractivity contribution is 5.90. The van der Waals surface area contributed by atoms with Crippen LogP contribution in [0.25, 0.3) is 10.9 Å². The summed E-state index contributed by atoms with van der Waals surface area (Å²) >= 11 is 0. The van der Waals surface area contributed by atoms with Crippen molar-refractivity contribution in [2.24, 2.45) is 7.05 Å². The minimum Gasteiger partial charge on any atom is -0.496 e. The second kappa shape index (κ2) is 6.04. The Balaban J connectivity index is 1.95. The van der Waals surface area contributed by atoms with E-state index < -0.39 is 11.4 Å². The molecule has 1 aromatic heterocycles. The van der Waals surface area contributed by atoms with E-state index in [0.29, 0.717) is 23.6 Å². The van der Waals surface area contributed by atoms with Gasteiger partial charge in [0.25, 0.3) is 5.56 Å². The number of aryl methyl sites for hydroxylation is 1. The van der Waals surface area contributed by atoms with Gasteiger partial charge in [-0.2, -0.15) is 0 Å². The van der Waals surface area contributed by atoms with E-state index in [1.807, 2.05) is 45.9 Å². The molecule has 2 heterocycles. The van der Waals surface area contributed by atoms with Crippen molar-refractivity contribution in [2.75, 3.05) is 13.7 Å². The van der Waals surface area contributed by atoms with Crippen LogP contribution in [0, 0.1) is 0 Å². The van der Waals surface area contributed by atoms with Gasteiger partial charge in [0.15, 0.2) is 5.79 Å². The van der Waals surface area contributed by atoms with E-state index in [1.54, 1.807) is 18.7 Å². The molecule has 1 aliphatic rings. The molecule has 0 unspecified atom stereocenters. The van der Waals surface area contributed by atoms with Crippen LogP contribution in [0.4, 0.5) is 0 Å². The molecule has 1 fully saturated rings. The van der Waals surface area contributed by atoms with E-state index in [0.717, 1.165) is 5.39 Å². The lowest BCUT2D eigenvalue weighted by molar-refractivity contribution is -0.158. The maximum absolute atomic E-state index is 12.2. The fourth-order valence-corrected chi connectivity index (χ4v) is 3.36. The molecule has 0 N–H and O–H groups in total. The Hall–Kier alpha value is -2.05. The maximum atomic E-state index is 12.2. The number of para-hydroxylation sites is 1. The Labute approximate surface area is 147 Å². The standard InChI is InChI=1S/C19H25NO5/c1-18(2)15(24-19(3,4)25-18)11-23-13-9-7-8-12-14(22-6)10-16(21)20(5)17(12)13/h7-10,15H,11H2,1-6H3/t15-/m1/s1. The molecular formula is C19H25NO5. The lowest BCUT2D eigenvalue weighted by atomic mass is 10.0. The normalized spacial score (nSPS) is 21.4. The summed E-state index contributed by atoms with van der Waals surface area (Å²) in [5.41, 5.74) is 0.0858. The van der Waals surface area contributed by atoms with Crippen molar-refractivity contribution >= 4 is 10.9 Å². The first-order chi connectivity index (χ1) is 11.6. The molecule has 1 saturated heterocycles. The molecule has 1 aromatic carbocycles. The average molecular weight is 347 g/mol. The van der Waals surface area contributed by atoms with Crippen molar-refractivity contribution in [2.45, 2.75) is 45.2 Å². The van der Waals surface area contributed by atoms with E-state index in [4.69, 9.17) is 18.9 Å². The summed E-state index contributed by atoms with van der Waals surface area (Å²) in [5.74, 6) is 0.498. The number of pyridine rings is 1. The molecule has 3 rings (SSSR count). The Morgan fingerprint density at radius 3 is 2.52 bits per heavy atom. The number of aromatic nitrogens is 1. The lowest BCUT2D eigenvalue weighted by Gasteiger charge is -2.24. The third kappa shape index (κ3) is 3.24. The van der Waals surface area contributed by atoms with Crippen molar-refractivity contribution in [3.05, 3.63) is 34.6 Å². The predicted octanol–water partition coefficient (Wildman–Crippen LogP) is 2.86. The number of benzene rings is 1. The summed E-state index contributed by atoms with van der Waals surface area (Å²) in [7, 11) is 3.27. The zero-order valence-electron chi connectivity index (χ0n) is 15.6. The molecule has 0 aliphatic carbocycles. The van der Waals surface area contributed by atoms with Crippen molar-refractivity contribution in [1.82, 2.24) is 4.57 Å². The summed E-state index contributed by atoms with van der Waals surface area (Å²) in [6, 6.07) is 7.11. The second-order valence-electron chi connectivity index (χ2n) is 7.29. The molecule has 25 heavy (non-hydrogen) atoms. The smallest absolute Gasteiger partial charge is 0.254 e. The number of fused-ring (bicyclic) bond motifs is 1. The number of hydrogen-bond donors (Lipinski definition) is 0. The molecule has 1 atom stereocenters. The van der Waals surface area contributed by atoms with Crippen LogP contribution in [0.15, 0.2) is 29.1 Å². The fraction of sp³-hybridized carbons (Fsp3) is 0.526. The minimum atomic E-state index is -0.646. The molecule has 1 aliphatic heterocycles. The van der Waals surface area contributed by atoms with Gasteiger partial charge in [0, 0.05) is 18.5 Å². The number of hydrogen-bond acceptors (Lipinski definition) is 5. The number of rotatable bonds is 4. The predicted molar refractivity (Wildman–Crippen MR) is 95.4 cm³/mol. The summed E-state index contributed by atoms with van der Waals surface area (Å²) in [6.07, 6.45) is -0.222. The van der Waals surface area contributed by atoms with Crippen LogP contribution in [-0.2, 0) is 16.5 Å². The minimum absolute atomic E-state index is 0.151. The molecule has 0 saturated carbocycles. The van der Waals surface area contributed by atoms with Crippen LogP contribution in [0.5, 0.6) is 11.5 Å². The highest BCUT2D eigenvalue weighted by atomic mass is 16.8. The third-order valence-electron chi connectivity index (χ3n) is 4.51. The number of ether oxygens (including phenoxy) is 4. The Kier molecular flexibility index (Phi) is 4.29. The first kappa shape index (κ1) is 17.8. The van der Waals surface area contributed by atoms with Crippen LogP contribution >= 0.6 is 0 Å². The van der Waals surface area contributed by atoms with Gasteiger partial charge in [0.2, 0.25) is 0 Å². The molecule has 0 bridgehead atoms. The van der Waals surface area contributed by atoms with E-state index in [-0.39, 0.29) is 11.7 Å². The fourth-order valence-electron chi connectivity index (χ4n) is 3.36. The molecule has 0 spiro atoms. The van der Waals surface area contributed by atoms with Gasteiger partial charge in [0.05, 0.1) is 18.2 Å². The zero-order chi connectivity index (χ0) is 18.4. The molecule has 136 valence electrons. The van der Waals surface area contributed by atoms with Gasteiger partial charge >= 0.3 is 0 Å². The quantitative estimate of drug-likeness (QED) is 0.851. The monoisotopic (exact) mass is 347 g/mol. The zero-order valence-corrected chi connectivity index (χ0v) is 15.6. The SMILES string of the molecule is COc1cc(=O)n(C)c2c(OC[C@H]3OC(C)(C)OC3(C)C)cccc12. The van der Waals surface area contributed by atoms with Gasteiger partial charge in [-0.1, -0.05) is 6.07 Å². The Bertz CT molecular complexity index is 853. The summed E-state index contributed by atoms with van der Waals surface area (Å²) < 4.78 is 24.8. The van der Waals surface area contributed by atoms with Crippen LogP contribution in [0.3, 0.4) is 0 Å². The molecule has 6 nitrogen and oxygen atoms in total. The highest BCUT2D eigenvalue weighted by Gasteiger charge is 2.47. The van der Waals surface area contributed by atoms with Gasteiger partial charge in [0.1, 0.15) is 24.2 Å². The van der Waals surface area contributed by atoms with Crippen LogP contribution in [-0.4, -0.2) is 35.8 Å². The van der Waals surface area contributed by atoms with Gasteiger partial charge in [-0.15, -0.1) is 0 Å². The van der Waals surface area contributed by atoms with Gasteiger partial charge < -0.3 is 23.5 Å². The first-order valence-electron chi connectivity index (χ1n) is 8.32. The number of methoxy groups -OCH3 is 1. The van der Waals surface area contributed by atoms with Crippen LogP contribution in [0.2, 0.25) is 0 Å². The van der Waals surface area contributed by atoms with E-state index in [2.05, 4.69) is 0 Å². The van der Waals surface area contributed by atoms with Crippen LogP contribution in [0.1, 0.15) is 27.7 Å². The number of nitrogens with zero attached hydrogens (tertiary/aromatic N) is 1. The Morgan fingerprint density at radius 2 is 1.92 bits per heavy atom. The van der Waals surface area contributed by atoms with Crippen LogP contribution < -0.4 is 15.0 Å². The maximum Gasteiger partial charge on any atom is 0.254 e.